The van der Waals surface area contributed by atoms with Crippen LogP contribution in [0, 0.1) is 0 Å². The van der Waals surface area contributed by atoms with E-state index in [0.29, 0.717) is 30.5 Å². The van der Waals surface area contributed by atoms with Gasteiger partial charge in [0.15, 0.2) is 24.1 Å². The Kier molecular flexibility index (Phi) is 6.86. The summed E-state index contributed by atoms with van der Waals surface area (Å²) in [4.78, 5) is 15.2. The van der Waals surface area contributed by atoms with Gasteiger partial charge in [-0.1, -0.05) is 6.07 Å². The number of benzene rings is 1. The Morgan fingerprint density at radius 3 is 2.71 bits per heavy atom. The molecule has 0 aliphatic rings. The Morgan fingerprint density at radius 2 is 2.10 bits per heavy atom. The maximum atomic E-state index is 11.4. The molecule has 0 aromatic heterocycles. The summed E-state index contributed by atoms with van der Waals surface area (Å²) in [7, 11) is 3.16. The van der Waals surface area contributed by atoms with Crippen molar-refractivity contribution in [3.63, 3.8) is 0 Å². The van der Waals surface area contributed by atoms with Gasteiger partial charge >= 0.3 is 0 Å². The van der Waals surface area contributed by atoms with E-state index in [1.165, 1.54) is 0 Å². The number of methoxy groups -OCH3 is 1. The van der Waals surface area contributed by atoms with Gasteiger partial charge in [0, 0.05) is 20.1 Å². The summed E-state index contributed by atoms with van der Waals surface area (Å²) in [5.41, 5.74) is 6.53. The fourth-order valence-corrected chi connectivity index (χ4v) is 1.60. The number of nitrogens with two attached hydrogens (primary N) is 1. The normalized spacial score (nSPS) is 10.9. The Balaban J connectivity index is 2.68. The average molecular weight is 294 g/mol. The number of guanidine groups is 1. The molecule has 0 aliphatic carbocycles. The third-order valence-corrected chi connectivity index (χ3v) is 2.68. The van der Waals surface area contributed by atoms with E-state index in [4.69, 9.17) is 15.2 Å². The fraction of sp³-hybridized carbons (Fsp3) is 0.429. The van der Waals surface area contributed by atoms with Crippen LogP contribution in [0.1, 0.15) is 12.5 Å². The summed E-state index contributed by atoms with van der Waals surface area (Å²) in [6, 6.07) is 5.45. The summed E-state index contributed by atoms with van der Waals surface area (Å²) >= 11 is 0. The summed E-state index contributed by atoms with van der Waals surface area (Å²) < 4.78 is 10.7. The van der Waals surface area contributed by atoms with Crippen LogP contribution in [0.5, 0.6) is 11.5 Å². The minimum absolute atomic E-state index is 0.0444. The highest BCUT2D eigenvalue weighted by Crippen LogP contribution is 2.27. The van der Waals surface area contributed by atoms with Crippen LogP contribution in [0.2, 0.25) is 0 Å². The van der Waals surface area contributed by atoms with Crippen LogP contribution < -0.4 is 25.8 Å². The highest BCUT2D eigenvalue weighted by atomic mass is 16.5. The standard InChI is InChI=1S/C14H22N4O3/c1-4-17-13(19)9-21-11-6-5-10(7-12(11)20-3)8-18-14(15)16-2/h5-7H,4,8-9H2,1-3H3,(H,17,19)(H3,15,16,18). The van der Waals surface area contributed by atoms with E-state index in [9.17, 15) is 4.79 Å². The molecule has 1 rings (SSSR count). The molecule has 116 valence electrons. The maximum absolute atomic E-state index is 11.4. The number of carbonyl (C=O) groups excluding carboxylic acids is 1. The second-order valence-electron chi connectivity index (χ2n) is 4.19. The number of aliphatic imine (C=N–C) groups is 1. The first-order chi connectivity index (χ1) is 10.1. The molecule has 1 aromatic carbocycles. The monoisotopic (exact) mass is 294 g/mol. The average Bonchev–Trinajstić information content (AvgIpc) is 2.51. The van der Waals surface area contributed by atoms with Crippen LogP contribution in [0.3, 0.4) is 0 Å². The van der Waals surface area contributed by atoms with Crippen molar-refractivity contribution >= 4 is 11.9 Å². The molecule has 0 bridgehead atoms. The minimum atomic E-state index is -0.169. The number of ether oxygens (including phenoxy) is 2. The van der Waals surface area contributed by atoms with E-state index >= 15 is 0 Å². The smallest absolute Gasteiger partial charge is 0.257 e. The summed E-state index contributed by atoms with van der Waals surface area (Å²) in [6.45, 7) is 2.91. The molecule has 0 spiro atoms. The number of nitrogens with one attached hydrogen (secondary N) is 2. The molecule has 21 heavy (non-hydrogen) atoms. The molecule has 0 fully saturated rings. The number of amides is 1. The van der Waals surface area contributed by atoms with Gasteiger partial charge in [0.05, 0.1) is 7.11 Å². The zero-order valence-corrected chi connectivity index (χ0v) is 12.6. The second kappa shape index (κ2) is 8.68. The molecule has 0 saturated heterocycles. The van der Waals surface area contributed by atoms with Gasteiger partial charge in [0.25, 0.3) is 5.91 Å². The van der Waals surface area contributed by atoms with Crippen molar-refractivity contribution in [3.8, 4) is 11.5 Å². The van der Waals surface area contributed by atoms with Gasteiger partial charge in [0.2, 0.25) is 0 Å². The molecule has 1 aromatic rings. The second-order valence-corrected chi connectivity index (χ2v) is 4.19. The van der Waals surface area contributed by atoms with Crippen molar-refractivity contribution in [2.75, 3.05) is 27.3 Å². The molecule has 0 unspecified atom stereocenters. The van der Waals surface area contributed by atoms with Gasteiger partial charge in [-0.3, -0.25) is 9.79 Å². The predicted molar refractivity (Wildman–Crippen MR) is 81.6 cm³/mol. The summed E-state index contributed by atoms with van der Waals surface area (Å²) in [6.07, 6.45) is 0. The number of carbonyl (C=O) groups is 1. The lowest BCUT2D eigenvalue weighted by molar-refractivity contribution is -0.123. The Labute approximate surface area is 124 Å². The van der Waals surface area contributed by atoms with Crippen molar-refractivity contribution in [1.29, 1.82) is 0 Å². The first kappa shape index (κ1) is 16.6. The Morgan fingerprint density at radius 1 is 1.33 bits per heavy atom. The lowest BCUT2D eigenvalue weighted by atomic mass is 10.2. The molecule has 0 atom stereocenters. The zero-order chi connectivity index (χ0) is 15.7. The molecule has 1 amide bonds. The number of rotatable bonds is 7. The van der Waals surface area contributed by atoms with E-state index in [0.717, 1.165) is 5.56 Å². The minimum Gasteiger partial charge on any atom is -0.493 e. The number of likely N-dealkylation sites (N-methyl/N-ethyl adjacent to an activating group) is 1. The van der Waals surface area contributed by atoms with Gasteiger partial charge in [0.1, 0.15) is 0 Å². The van der Waals surface area contributed by atoms with Gasteiger partial charge in [-0.25, -0.2) is 0 Å². The van der Waals surface area contributed by atoms with Gasteiger partial charge in [-0.2, -0.15) is 0 Å². The van der Waals surface area contributed by atoms with Gasteiger partial charge < -0.3 is 25.8 Å². The number of hydrogen-bond donors (Lipinski definition) is 3. The Bertz CT molecular complexity index is 503. The molecule has 0 radical (unpaired) electrons. The first-order valence-corrected chi connectivity index (χ1v) is 6.63. The lowest BCUT2D eigenvalue weighted by Gasteiger charge is -2.12. The van der Waals surface area contributed by atoms with Gasteiger partial charge in [-0.15, -0.1) is 0 Å². The van der Waals surface area contributed by atoms with Crippen LogP contribution in [0.4, 0.5) is 0 Å². The maximum Gasteiger partial charge on any atom is 0.257 e. The van der Waals surface area contributed by atoms with E-state index in [1.807, 2.05) is 19.1 Å². The Hall–Kier alpha value is -2.44. The van der Waals surface area contributed by atoms with Crippen LogP contribution >= 0.6 is 0 Å². The summed E-state index contributed by atoms with van der Waals surface area (Å²) in [5.74, 6) is 1.28. The van der Waals surface area contributed by atoms with E-state index in [2.05, 4.69) is 15.6 Å². The van der Waals surface area contributed by atoms with E-state index < -0.39 is 0 Å². The molecule has 4 N–H and O–H groups in total. The summed E-state index contributed by atoms with van der Waals surface area (Å²) in [5, 5.41) is 5.62. The molecular weight excluding hydrogens is 272 g/mol. The van der Waals surface area contributed by atoms with Crippen LogP contribution in [-0.4, -0.2) is 39.2 Å². The molecule has 0 heterocycles. The fourth-order valence-electron chi connectivity index (χ4n) is 1.60. The quantitative estimate of drug-likeness (QED) is 0.494. The highest BCUT2D eigenvalue weighted by Gasteiger charge is 2.08. The van der Waals surface area contributed by atoms with Crippen molar-refractivity contribution in [2.45, 2.75) is 13.5 Å². The zero-order valence-electron chi connectivity index (χ0n) is 12.6. The molecule has 0 aliphatic heterocycles. The third kappa shape index (κ3) is 5.60. The largest absolute Gasteiger partial charge is 0.493 e. The van der Waals surface area contributed by atoms with E-state index in [-0.39, 0.29) is 12.5 Å². The van der Waals surface area contributed by atoms with Crippen molar-refractivity contribution < 1.29 is 14.3 Å². The number of nitrogens with zero attached hydrogens (tertiary/aromatic N) is 1. The number of hydrogen-bond acceptors (Lipinski definition) is 4. The van der Waals surface area contributed by atoms with Crippen molar-refractivity contribution in [3.05, 3.63) is 23.8 Å². The SMILES string of the molecule is CCNC(=O)COc1ccc(CNC(N)=NC)cc1OC. The van der Waals surface area contributed by atoms with Crippen LogP contribution in [0.25, 0.3) is 0 Å². The van der Waals surface area contributed by atoms with Crippen LogP contribution in [0.15, 0.2) is 23.2 Å². The predicted octanol–water partition coefficient (Wildman–Crippen LogP) is 0.244. The van der Waals surface area contributed by atoms with Gasteiger partial charge in [-0.05, 0) is 24.6 Å². The first-order valence-electron chi connectivity index (χ1n) is 6.63. The van der Waals surface area contributed by atoms with Crippen molar-refractivity contribution in [1.82, 2.24) is 10.6 Å². The topological polar surface area (TPSA) is 98.0 Å². The van der Waals surface area contributed by atoms with Crippen LogP contribution in [-0.2, 0) is 11.3 Å². The van der Waals surface area contributed by atoms with E-state index in [1.54, 1.807) is 20.2 Å². The lowest BCUT2D eigenvalue weighted by Crippen LogP contribution is -2.30. The molecule has 0 saturated carbocycles. The highest BCUT2D eigenvalue weighted by molar-refractivity contribution is 5.78. The molecule has 7 heteroatoms. The molecular formula is C14H22N4O3. The molecule has 7 nitrogen and oxygen atoms in total. The third-order valence-electron chi connectivity index (χ3n) is 2.68. The van der Waals surface area contributed by atoms with Crippen molar-refractivity contribution in [2.24, 2.45) is 10.7 Å².